The lowest BCUT2D eigenvalue weighted by Crippen LogP contribution is -2.62. The minimum absolute atomic E-state index is 0.204. The molecule has 0 saturated carbocycles. The van der Waals surface area contributed by atoms with E-state index in [0.717, 1.165) is 19.8 Å². The predicted molar refractivity (Wildman–Crippen MR) is 123 cm³/mol. The normalized spacial score (nSPS) is 22.4. The Morgan fingerprint density at radius 2 is 1.65 bits per heavy atom. The first-order chi connectivity index (χ1) is 16.3. The van der Waals surface area contributed by atoms with Crippen molar-refractivity contribution in [2.45, 2.75) is 24.0 Å². The third-order valence-corrected chi connectivity index (χ3v) is 7.08. The maximum absolute atomic E-state index is 14.2. The van der Waals surface area contributed by atoms with Gasteiger partial charge in [-0.15, -0.1) is 0 Å². The Bertz CT molecular complexity index is 1150. The maximum Gasteiger partial charge on any atom is 0.337 e. The number of rotatable bonds is 5. The van der Waals surface area contributed by atoms with Crippen LogP contribution in [0, 0.1) is 5.92 Å². The molecule has 0 radical (unpaired) electrons. The summed E-state index contributed by atoms with van der Waals surface area (Å²) in [5, 5.41) is 2.93. The number of carbonyl (C=O) groups excluding carboxylic acids is 4. The van der Waals surface area contributed by atoms with Gasteiger partial charge in [0.05, 0.1) is 39.5 Å². The lowest BCUT2D eigenvalue weighted by atomic mass is 9.79. The fraction of sp³-hybridized carbons (Fsp3) is 0.333. The second kappa shape index (κ2) is 8.84. The van der Waals surface area contributed by atoms with E-state index < -0.39 is 40.8 Å². The number of para-hydroxylation sites is 1. The molecule has 0 aliphatic carbocycles. The summed E-state index contributed by atoms with van der Waals surface area (Å²) < 4.78 is 15.5. The molecule has 178 valence electrons. The number of hydrogen-bond donors (Lipinski definition) is 1. The molecular weight excluding hydrogens is 508 g/mol. The molecule has 2 atom stereocenters. The van der Waals surface area contributed by atoms with E-state index in [4.69, 9.17) is 14.2 Å². The average Bonchev–Trinajstić information content (AvgIpc) is 3.34. The highest BCUT2D eigenvalue weighted by Crippen LogP contribution is 2.54. The molecule has 1 spiro atoms. The van der Waals surface area contributed by atoms with Crippen molar-refractivity contribution in [2.75, 3.05) is 26.2 Å². The zero-order valence-corrected chi connectivity index (χ0v) is 20.4. The van der Waals surface area contributed by atoms with E-state index in [1.807, 2.05) is 30.3 Å². The van der Waals surface area contributed by atoms with Gasteiger partial charge in [-0.1, -0.05) is 42.5 Å². The Balaban J connectivity index is 1.95. The van der Waals surface area contributed by atoms with Crippen LogP contribution in [0.3, 0.4) is 0 Å². The van der Waals surface area contributed by atoms with Crippen LogP contribution in [0.25, 0.3) is 0 Å². The molecule has 1 saturated heterocycles. The van der Waals surface area contributed by atoms with Crippen LogP contribution < -0.4 is 10.2 Å². The topological polar surface area (TPSA) is 111 Å². The van der Waals surface area contributed by atoms with E-state index in [2.05, 4.69) is 21.2 Å². The highest BCUT2D eigenvalue weighted by atomic mass is 79.9. The van der Waals surface area contributed by atoms with E-state index in [0.29, 0.717) is 15.7 Å². The minimum atomic E-state index is -2.08. The zero-order valence-electron chi connectivity index (χ0n) is 18.8. The van der Waals surface area contributed by atoms with Gasteiger partial charge < -0.3 is 19.1 Å². The van der Waals surface area contributed by atoms with Gasteiger partial charge in [-0.2, -0.15) is 0 Å². The Labute approximate surface area is 204 Å². The fourth-order valence-electron chi connectivity index (χ4n) is 4.95. The number of benzene rings is 2. The number of nitrogens with one attached hydrogen (secondary N) is 1. The number of hydrogen-bond acceptors (Lipinski definition) is 8. The van der Waals surface area contributed by atoms with Crippen LogP contribution in [0.5, 0.6) is 0 Å². The number of halogens is 1. The number of esters is 3. The van der Waals surface area contributed by atoms with Gasteiger partial charge in [0, 0.05) is 16.5 Å². The summed E-state index contributed by atoms with van der Waals surface area (Å²) in [7, 11) is 3.43. The molecule has 10 heteroatoms. The highest BCUT2D eigenvalue weighted by molar-refractivity contribution is 9.10. The number of ether oxygens (including phenoxy) is 3. The van der Waals surface area contributed by atoms with Crippen LogP contribution in [-0.4, -0.2) is 50.7 Å². The van der Waals surface area contributed by atoms with Gasteiger partial charge in [0.15, 0.2) is 0 Å². The van der Waals surface area contributed by atoms with Gasteiger partial charge >= 0.3 is 17.9 Å². The maximum atomic E-state index is 14.2. The van der Waals surface area contributed by atoms with Gasteiger partial charge in [-0.05, 0) is 27.6 Å². The van der Waals surface area contributed by atoms with Crippen LogP contribution in [0.15, 0.2) is 53.0 Å². The van der Waals surface area contributed by atoms with Crippen molar-refractivity contribution in [3.8, 4) is 0 Å². The molecule has 4 rings (SSSR count). The number of methoxy groups -OCH3 is 3. The molecule has 0 aromatic heterocycles. The second-order valence-corrected chi connectivity index (χ2v) is 8.97. The summed E-state index contributed by atoms with van der Waals surface area (Å²) in [5.41, 5.74) is -2.02. The Kier molecular flexibility index (Phi) is 6.22. The summed E-state index contributed by atoms with van der Waals surface area (Å²) in [4.78, 5) is 54.6. The van der Waals surface area contributed by atoms with Crippen LogP contribution in [0.1, 0.15) is 17.5 Å². The SMILES string of the molecule is COC(=O)[C@@H]1CC(C(=O)OC)(C(=O)OC)N[C@@]12C(=O)N(Cc1ccccc1)c1c(Br)cccc12. The van der Waals surface area contributed by atoms with Crippen molar-refractivity contribution in [3.05, 3.63) is 64.1 Å². The van der Waals surface area contributed by atoms with Gasteiger partial charge in [-0.25, -0.2) is 9.59 Å². The summed E-state index contributed by atoms with van der Waals surface area (Å²) in [6.07, 6.45) is -0.379. The van der Waals surface area contributed by atoms with E-state index in [1.165, 1.54) is 12.0 Å². The van der Waals surface area contributed by atoms with Crippen LogP contribution in [0.2, 0.25) is 0 Å². The summed E-state index contributed by atoms with van der Waals surface area (Å²) in [6.45, 7) is 0.204. The molecule has 1 fully saturated rings. The quantitative estimate of drug-likeness (QED) is 0.355. The molecule has 0 unspecified atom stereocenters. The Morgan fingerprint density at radius 3 is 2.24 bits per heavy atom. The number of nitrogens with zero attached hydrogens (tertiary/aromatic N) is 1. The summed E-state index contributed by atoms with van der Waals surface area (Å²) in [6, 6.07) is 14.5. The Morgan fingerprint density at radius 1 is 1.00 bits per heavy atom. The predicted octanol–water partition coefficient (Wildman–Crippen LogP) is 2.06. The van der Waals surface area contributed by atoms with E-state index in [-0.39, 0.29) is 13.0 Å². The molecule has 2 heterocycles. The average molecular weight is 531 g/mol. The van der Waals surface area contributed by atoms with Crippen molar-refractivity contribution in [3.63, 3.8) is 0 Å². The number of fused-ring (bicyclic) bond motifs is 2. The van der Waals surface area contributed by atoms with Crippen molar-refractivity contribution < 1.29 is 33.4 Å². The zero-order chi connectivity index (χ0) is 24.7. The van der Waals surface area contributed by atoms with Gasteiger partial charge in [0.25, 0.3) is 5.91 Å². The highest BCUT2D eigenvalue weighted by Gasteiger charge is 2.72. The molecule has 2 aliphatic heterocycles. The molecule has 2 aromatic carbocycles. The monoisotopic (exact) mass is 530 g/mol. The summed E-state index contributed by atoms with van der Waals surface area (Å²) >= 11 is 3.53. The first kappa shape index (κ1) is 23.9. The molecule has 34 heavy (non-hydrogen) atoms. The van der Waals surface area contributed by atoms with Crippen LogP contribution in [-0.2, 0) is 45.5 Å². The van der Waals surface area contributed by atoms with Crippen LogP contribution >= 0.6 is 15.9 Å². The van der Waals surface area contributed by atoms with Crippen LogP contribution in [0.4, 0.5) is 5.69 Å². The Hall–Kier alpha value is -3.24. The largest absolute Gasteiger partial charge is 0.469 e. The van der Waals surface area contributed by atoms with Gasteiger partial charge in [0.1, 0.15) is 5.54 Å². The summed E-state index contributed by atoms with van der Waals surface area (Å²) in [5.74, 6) is -4.38. The molecule has 2 aromatic rings. The van der Waals surface area contributed by atoms with E-state index in [1.54, 1.807) is 18.2 Å². The third kappa shape index (κ3) is 3.32. The van der Waals surface area contributed by atoms with Crippen molar-refractivity contribution in [1.82, 2.24) is 5.32 Å². The van der Waals surface area contributed by atoms with Crippen molar-refractivity contribution in [2.24, 2.45) is 5.92 Å². The smallest absolute Gasteiger partial charge is 0.337 e. The molecule has 1 N–H and O–H groups in total. The standard InChI is InChI=1S/C24H23BrN2O7/c1-32-19(28)16-12-23(21(30)33-2,22(31)34-3)26-24(16)15-10-7-11-17(25)18(15)27(20(24)29)13-14-8-5-4-6-9-14/h4-11,16,26H,12-13H2,1-3H3/t16-,24+/m0/s1. The first-order valence-electron chi connectivity index (χ1n) is 10.5. The van der Waals surface area contributed by atoms with Gasteiger partial charge in [-0.3, -0.25) is 14.9 Å². The molecule has 9 nitrogen and oxygen atoms in total. The molecule has 1 amide bonds. The molecule has 2 aliphatic rings. The van der Waals surface area contributed by atoms with Crippen molar-refractivity contribution >= 4 is 45.4 Å². The fourth-order valence-corrected chi connectivity index (χ4v) is 5.53. The van der Waals surface area contributed by atoms with E-state index >= 15 is 0 Å². The van der Waals surface area contributed by atoms with Crippen molar-refractivity contribution in [1.29, 1.82) is 0 Å². The van der Waals surface area contributed by atoms with E-state index in [9.17, 15) is 19.2 Å². The molecule has 0 bridgehead atoms. The van der Waals surface area contributed by atoms with Gasteiger partial charge in [0.2, 0.25) is 5.54 Å². The minimum Gasteiger partial charge on any atom is -0.469 e. The number of amides is 1. The lowest BCUT2D eigenvalue weighted by Gasteiger charge is -2.31. The number of anilines is 1. The first-order valence-corrected chi connectivity index (χ1v) is 11.2. The lowest BCUT2D eigenvalue weighted by molar-refractivity contribution is -0.163. The number of carbonyl (C=O) groups is 4. The third-order valence-electron chi connectivity index (χ3n) is 6.44. The second-order valence-electron chi connectivity index (χ2n) is 8.11. The molecular formula is C24H23BrN2O7.